The third-order valence-electron chi connectivity index (χ3n) is 3.93. The lowest BCUT2D eigenvalue weighted by Crippen LogP contribution is -2.37. The van der Waals surface area contributed by atoms with Gasteiger partial charge >= 0.3 is 6.03 Å². The Labute approximate surface area is 159 Å². The van der Waals surface area contributed by atoms with Crippen LogP contribution in [0.15, 0.2) is 42.5 Å². The van der Waals surface area contributed by atoms with Crippen LogP contribution in [0.25, 0.3) is 0 Å². The van der Waals surface area contributed by atoms with Crippen molar-refractivity contribution in [1.82, 2.24) is 5.32 Å². The Morgan fingerprint density at radius 3 is 2.60 bits per heavy atom. The number of rotatable bonds is 7. The van der Waals surface area contributed by atoms with Crippen molar-refractivity contribution >= 4 is 40.6 Å². The van der Waals surface area contributed by atoms with Gasteiger partial charge in [0.15, 0.2) is 0 Å². The number of carbonyl (C=O) groups excluding carboxylic acids is 1. The quantitative estimate of drug-likeness (QED) is 0.693. The van der Waals surface area contributed by atoms with Crippen LogP contribution in [-0.2, 0) is 6.42 Å². The van der Waals surface area contributed by atoms with Crippen LogP contribution in [0.5, 0.6) is 0 Å². The van der Waals surface area contributed by atoms with Crippen molar-refractivity contribution in [2.45, 2.75) is 20.3 Å². The van der Waals surface area contributed by atoms with E-state index in [-0.39, 0.29) is 6.03 Å². The molecule has 0 bridgehead atoms. The molecule has 2 aromatic rings. The molecule has 0 fully saturated rings. The molecule has 2 rings (SSSR count). The van der Waals surface area contributed by atoms with E-state index in [2.05, 4.69) is 53.6 Å². The van der Waals surface area contributed by atoms with Gasteiger partial charge in [0.2, 0.25) is 0 Å². The SMILES string of the molecule is CCc1cccc(N(CC)CCNC(=O)Nc2cccc(Cl)c2Cl)c1. The van der Waals surface area contributed by atoms with Crippen LogP contribution in [-0.4, -0.2) is 25.7 Å². The van der Waals surface area contributed by atoms with Gasteiger partial charge in [-0.05, 0) is 43.2 Å². The normalized spacial score (nSPS) is 10.4. The summed E-state index contributed by atoms with van der Waals surface area (Å²) in [6.07, 6.45) is 1.01. The van der Waals surface area contributed by atoms with E-state index >= 15 is 0 Å². The predicted molar refractivity (Wildman–Crippen MR) is 107 cm³/mol. The molecule has 0 unspecified atom stereocenters. The second-order valence-corrected chi connectivity index (χ2v) is 6.37. The molecule has 134 valence electrons. The van der Waals surface area contributed by atoms with Gasteiger partial charge in [-0.3, -0.25) is 0 Å². The number of anilines is 2. The highest BCUT2D eigenvalue weighted by Gasteiger charge is 2.09. The topological polar surface area (TPSA) is 44.4 Å². The molecular weight excluding hydrogens is 357 g/mol. The number of hydrogen-bond acceptors (Lipinski definition) is 2. The molecule has 0 spiro atoms. The summed E-state index contributed by atoms with van der Waals surface area (Å²) < 4.78 is 0. The van der Waals surface area contributed by atoms with Crippen LogP contribution in [0.1, 0.15) is 19.4 Å². The minimum atomic E-state index is -0.303. The lowest BCUT2D eigenvalue weighted by atomic mass is 10.1. The fourth-order valence-electron chi connectivity index (χ4n) is 2.51. The van der Waals surface area contributed by atoms with Gasteiger partial charge in [0.25, 0.3) is 0 Å². The van der Waals surface area contributed by atoms with Gasteiger partial charge < -0.3 is 15.5 Å². The van der Waals surface area contributed by atoms with Gasteiger partial charge in [0, 0.05) is 25.3 Å². The number of aryl methyl sites for hydroxylation is 1. The summed E-state index contributed by atoms with van der Waals surface area (Å²) in [7, 11) is 0. The third kappa shape index (κ3) is 5.55. The van der Waals surface area contributed by atoms with Crippen LogP contribution in [0.4, 0.5) is 16.2 Å². The fraction of sp³-hybridized carbons (Fsp3) is 0.316. The number of carbonyl (C=O) groups is 1. The van der Waals surface area contributed by atoms with Crippen molar-refractivity contribution in [3.05, 3.63) is 58.1 Å². The smallest absolute Gasteiger partial charge is 0.319 e. The second kappa shape index (κ2) is 9.54. The van der Waals surface area contributed by atoms with Crippen molar-refractivity contribution < 1.29 is 4.79 Å². The first-order valence-electron chi connectivity index (χ1n) is 8.37. The lowest BCUT2D eigenvalue weighted by Gasteiger charge is -2.24. The number of amides is 2. The Bertz CT molecular complexity index is 722. The van der Waals surface area contributed by atoms with Gasteiger partial charge in [-0.2, -0.15) is 0 Å². The third-order valence-corrected chi connectivity index (χ3v) is 4.75. The summed E-state index contributed by atoms with van der Waals surface area (Å²) in [5.74, 6) is 0. The zero-order chi connectivity index (χ0) is 18.2. The Morgan fingerprint density at radius 2 is 1.88 bits per heavy atom. The zero-order valence-electron chi connectivity index (χ0n) is 14.5. The summed E-state index contributed by atoms with van der Waals surface area (Å²) in [6, 6.07) is 13.3. The highest BCUT2D eigenvalue weighted by atomic mass is 35.5. The van der Waals surface area contributed by atoms with Crippen LogP contribution >= 0.6 is 23.2 Å². The van der Waals surface area contributed by atoms with E-state index in [4.69, 9.17) is 23.2 Å². The van der Waals surface area contributed by atoms with E-state index < -0.39 is 0 Å². The van der Waals surface area contributed by atoms with Crippen LogP contribution in [0.3, 0.4) is 0 Å². The summed E-state index contributed by atoms with van der Waals surface area (Å²) in [5, 5.41) is 6.31. The maximum atomic E-state index is 12.0. The van der Waals surface area contributed by atoms with E-state index in [9.17, 15) is 4.79 Å². The highest BCUT2D eigenvalue weighted by Crippen LogP contribution is 2.29. The molecule has 0 saturated carbocycles. The van der Waals surface area contributed by atoms with Crippen molar-refractivity contribution in [3.63, 3.8) is 0 Å². The number of urea groups is 1. The molecule has 2 amide bonds. The first-order chi connectivity index (χ1) is 12.0. The molecule has 0 aliphatic heterocycles. The number of nitrogens with zero attached hydrogens (tertiary/aromatic N) is 1. The lowest BCUT2D eigenvalue weighted by molar-refractivity contribution is 0.252. The molecule has 0 radical (unpaired) electrons. The molecule has 0 saturated heterocycles. The Morgan fingerprint density at radius 1 is 1.12 bits per heavy atom. The number of halogens is 2. The molecule has 4 nitrogen and oxygen atoms in total. The Balaban J connectivity index is 1.87. The van der Waals surface area contributed by atoms with Crippen molar-refractivity contribution in [2.24, 2.45) is 0 Å². The summed E-state index contributed by atoms with van der Waals surface area (Å²) in [5.41, 5.74) is 2.97. The van der Waals surface area contributed by atoms with Crippen molar-refractivity contribution in [3.8, 4) is 0 Å². The van der Waals surface area contributed by atoms with Gasteiger partial charge in [0.05, 0.1) is 15.7 Å². The van der Waals surface area contributed by atoms with Gasteiger partial charge in [-0.25, -0.2) is 4.79 Å². The van der Waals surface area contributed by atoms with Crippen molar-refractivity contribution in [2.75, 3.05) is 29.9 Å². The average Bonchev–Trinajstić information content (AvgIpc) is 2.62. The van der Waals surface area contributed by atoms with E-state index in [0.29, 0.717) is 22.3 Å². The first kappa shape index (κ1) is 19.4. The molecule has 0 heterocycles. The first-order valence-corrected chi connectivity index (χ1v) is 9.13. The number of benzene rings is 2. The van der Waals surface area contributed by atoms with Crippen molar-refractivity contribution in [1.29, 1.82) is 0 Å². The van der Waals surface area contributed by atoms with Gasteiger partial charge in [0.1, 0.15) is 0 Å². The molecule has 0 aliphatic carbocycles. The minimum absolute atomic E-state index is 0.303. The van der Waals surface area contributed by atoms with E-state index in [1.807, 2.05) is 0 Å². The molecule has 0 atom stereocenters. The van der Waals surface area contributed by atoms with E-state index in [0.717, 1.165) is 19.5 Å². The van der Waals surface area contributed by atoms with Crippen LogP contribution in [0, 0.1) is 0 Å². The molecule has 0 aliphatic rings. The molecule has 6 heteroatoms. The molecule has 2 aromatic carbocycles. The molecular formula is C19H23Cl2N3O. The highest BCUT2D eigenvalue weighted by molar-refractivity contribution is 6.43. The van der Waals surface area contributed by atoms with E-state index in [1.54, 1.807) is 18.2 Å². The summed E-state index contributed by atoms with van der Waals surface area (Å²) in [6.45, 7) is 6.36. The predicted octanol–water partition coefficient (Wildman–Crippen LogP) is 5.20. The fourth-order valence-corrected chi connectivity index (χ4v) is 2.86. The van der Waals surface area contributed by atoms with Crippen LogP contribution in [0.2, 0.25) is 10.0 Å². The minimum Gasteiger partial charge on any atom is -0.370 e. The number of hydrogen-bond donors (Lipinski definition) is 2. The monoisotopic (exact) mass is 379 g/mol. The van der Waals surface area contributed by atoms with Crippen LogP contribution < -0.4 is 15.5 Å². The maximum Gasteiger partial charge on any atom is 0.319 e. The average molecular weight is 380 g/mol. The van der Waals surface area contributed by atoms with Gasteiger partial charge in [-0.1, -0.05) is 48.3 Å². The maximum absolute atomic E-state index is 12.0. The van der Waals surface area contributed by atoms with Gasteiger partial charge in [-0.15, -0.1) is 0 Å². The number of nitrogens with one attached hydrogen (secondary N) is 2. The largest absolute Gasteiger partial charge is 0.370 e. The van der Waals surface area contributed by atoms with E-state index in [1.165, 1.54) is 11.3 Å². The summed E-state index contributed by atoms with van der Waals surface area (Å²) in [4.78, 5) is 14.3. The number of likely N-dealkylation sites (N-methyl/N-ethyl adjacent to an activating group) is 1. The summed E-state index contributed by atoms with van der Waals surface area (Å²) >= 11 is 12.0. The molecule has 2 N–H and O–H groups in total. The zero-order valence-corrected chi connectivity index (χ0v) is 16.0. The Kier molecular flexibility index (Phi) is 7.41. The second-order valence-electron chi connectivity index (χ2n) is 5.59. The Hall–Kier alpha value is -1.91. The standard InChI is InChI=1S/C19H23Cl2N3O/c1-3-14-7-5-8-15(13-14)24(4-2)12-11-22-19(25)23-17-10-6-9-16(20)18(17)21/h5-10,13H,3-4,11-12H2,1-2H3,(H2,22,23,25). The molecule has 25 heavy (non-hydrogen) atoms. The molecule has 0 aromatic heterocycles.